The van der Waals surface area contributed by atoms with Gasteiger partial charge in [0, 0.05) is 6.54 Å². The first kappa shape index (κ1) is 15.5. The van der Waals surface area contributed by atoms with Gasteiger partial charge in [-0.25, -0.2) is 4.39 Å². The highest BCUT2D eigenvalue weighted by Gasteiger charge is 2.50. The number of rotatable bonds is 6. The minimum Gasteiger partial charge on any atom is -0.481 e. The number of hydrogen-bond acceptors (Lipinski definition) is 2. The van der Waals surface area contributed by atoms with Gasteiger partial charge in [0.25, 0.3) is 0 Å². The van der Waals surface area contributed by atoms with Gasteiger partial charge in [0.2, 0.25) is 5.91 Å². The number of carboxylic acids is 1. The maximum Gasteiger partial charge on any atom is 0.310 e. The molecule has 0 aromatic heterocycles. The molecule has 21 heavy (non-hydrogen) atoms. The van der Waals surface area contributed by atoms with Gasteiger partial charge < -0.3 is 10.4 Å². The maximum atomic E-state index is 13.7. The summed E-state index contributed by atoms with van der Waals surface area (Å²) in [5.41, 5.74) is -1.05. The number of carbonyl (C=O) groups is 2. The van der Waals surface area contributed by atoms with Crippen molar-refractivity contribution in [1.29, 1.82) is 0 Å². The molecule has 1 saturated carbocycles. The maximum absolute atomic E-state index is 13.7. The summed E-state index contributed by atoms with van der Waals surface area (Å²) in [6.45, 7) is 3.19. The van der Waals surface area contributed by atoms with Crippen LogP contribution in [0.1, 0.15) is 32.3 Å². The molecule has 1 aliphatic rings. The third-order valence-corrected chi connectivity index (χ3v) is 4.09. The number of benzene rings is 1. The Morgan fingerprint density at radius 1 is 1.33 bits per heavy atom. The zero-order chi connectivity index (χ0) is 15.7. The molecule has 2 N–H and O–H groups in total. The molecule has 4 nitrogen and oxygen atoms in total. The van der Waals surface area contributed by atoms with Crippen molar-refractivity contribution in [2.45, 2.75) is 33.1 Å². The molecule has 2 rings (SSSR count). The summed E-state index contributed by atoms with van der Waals surface area (Å²) in [4.78, 5) is 23.3. The van der Waals surface area contributed by atoms with Crippen LogP contribution >= 0.6 is 0 Å². The molecule has 1 fully saturated rings. The first-order valence-electron chi connectivity index (χ1n) is 7.02. The third-order valence-electron chi connectivity index (χ3n) is 4.09. The van der Waals surface area contributed by atoms with Crippen LogP contribution in [0.4, 0.5) is 4.39 Å². The summed E-state index contributed by atoms with van der Waals surface area (Å²) in [5, 5.41) is 11.7. The van der Waals surface area contributed by atoms with Crippen molar-refractivity contribution >= 4 is 11.9 Å². The topological polar surface area (TPSA) is 66.4 Å². The van der Waals surface area contributed by atoms with Crippen LogP contribution in [0, 0.1) is 16.6 Å². The Morgan fingerprint density at radius 3 is 2.48 bits per heavy atom. The highest BCUT2D eigenvalue weighted by atomic mass is 19.1. The van der Waals surface area contributed by atoms with E-state index in [1.54, 1.807) is 32.0 Å². The van der Waals surface area contributed by atoms with Crippen molar-refractivity contribution < 1.29 is 19.1 Å². The predicted octanol–water partition coefficient (Wildman–Crippen LogP) is 2.38. The lowest BCUT2D eigenvalue weighted by Crippen LogP contribution is -2.42. The molecule has 0 unspecified atom stereocenters. The molecule has 0 radical (unpaired) electrons. The van der Waals surface area contributed by atoms with E-state index < -0.39 is 16.8 Å². The molecule has 0 bridgehead atoms. The monoisotopic (exact) mass is 293 g/mol. The van der Waals surface area contributed by atoms with E-state index >= 15 is 0 Å². The lowest BCUT2D eigenvalue weighted by Gasteiger charge is -2.22. The highest BCUT2D eigenvalue weighted by molar-refractivity contribution is 5.86. The zero-order valence-electron chi connectivity index (χ0n) is 12.3. The van der Waals surface area contributed by atoms with Crippen molar-refractivity contribution in [3.8, 4) is 0 Å². The average Bonchev–Trinajstić information content (AvgIpc) is 3.19. The van der Waals surface area contributed by atoms with Gasteiger partial charge in [0.1, 0.15) is 5.82 Å². The standard InChI is InChI=1S/C16H20FNO3/c1-15(2,14(20)21)10-18-13(19)16(7-8-16)9-11-5-3-4-6-12(11)17/h3-6H,7-10H2,1-2H3,(H,18,19)(H,20,21). The fourth-order valence-electron chi connectivity index (χ4n) is 2.21. The summed E-state index contributed by atoms with van der Waals surface area (Å²) in [6.07, 6.45) is 1.78. The first-order valence-corrected chi connectivity index (χ1v) is 7.02. The van der Waals surface area contributed by atoms with E-state index in [1.807, 2.05) is 0 Å². The number of halogens is 1. The molecular weight excluding hydrogens is 273 g/mol. The molecule has 114 valence electrons. The van der Waals surface area contributed by atoms with Crippen molar-refractivity contribution in [2.75, 3.05) is 6.54 Å². The van der Waals surface area contributed by atoms with E-state index in [9.17, 15) is 14.0 Å². The minimum absolute atomic E-state index is 0.0696. The van der Waals surface area contributed by atoms with Crippen molar-refractivity contribution in [3.63, 3.8) is 0 Å². The molecule has 1 aliphatic carbocycles. The smallest absolute Gasteiger partial charge is 0.310 e. The number of aliphatic carboxylic acids is 1. The van der Waals surface area contributed by atoms with Crippen LogP contribution in [-0.4, -0.2) is 23.5 Å². The first-order chi connectivity index (χ1) is 9.77. The van der Waals surface area contributed by atoms with Crippen molar-refractivity contribution in [1.82, 2.24) is 5.32 Å². The molecule has 0 saturated heterocycles. The fourth-order valence-corrected chi connectivity index (χ4v) is 2.21. The van der Waals surface area contributed by atoms with Gasteiger partial charge in [-0.3, -0.25) is 9.59 Å². The summed E-state index contributed by atoms with van der Waals surface area (Å²) in [6, 6.07) is 6.44. The second-order valence-corrected chi connectivity index (χ2v) is 6.42. The lowest BCUT2D eigenvalue weighted by atomic mass is 9.92. The van der Waals surface area contributed by atoms with Crippen LogP contribution in [0.5, 0.6) is 0 Å². The molecule has 1 amide bonds. The molecule has 1 aromatic carbocycles. The van der Waals surface area contributed by atoms with Crippen LogP contribution in [0.3, 0.4) is 0 Å². The highest BCUT2D eigenvalue weighted by Crippen LogP contribution is 2.49. The number of amides is 1. The third kappa shape index (κ3) is 3.40. The Bertz CT molecular complexity index is 564. The molecule has 0 heterocycles. The number of hydrogen-bond donors (Lipinski definition) is 2. The van der Waals surface area contributed by atoms with Crippen LogP contribution in [0.2, 0.25) is 0 Å². The van der Waals surface area contributed by atoms with Crippen molar-refractivity contribution in [3.05, 3.63) is 35.6 Å². The Labute approximate surface area is 123 Å². The molecule has 5 heteroatoms. The Hall–Kier alpha value is -1.91. The summed E-state index contributed by atoms with van der Waals surface area (Å²) < 4.78 is 13.7. The van der Waals surface area contributed by atoms with Gasteiger partial charge in [-0.1, -0.05) is 18.2 Å². The van der Waals surface area contributed by atoms with Crippen LogP contribution in [-0.2, 0) is 16.0 Å². The lowest BCUT2D eigenvalue weighted by molar-refractivity contribution is -0.147. The zero-order valence-corrected chi connectivity index (χ0v) is 12.3. The molecular formula is C16H20FNO3. The van der Waals surface area contributed by atoms with Gasteiger partial charge in [0.05, 0.1) is 10.8 Å². The van der Waals surface area contributed by atoms with Crippen LogP contribution in [0.25, 0.3) is 0 Å². The van der Waals surface area contributed by atoms with E-state index in [0.717, 1.165) is 0 Å². The Morgan fingerprint density at radius 2 is 1.95 bits per heavy atom. The quantitative estimate of drug-likeness (QED) is 0.846. The molecule has 0 aliphatic heterocycles. The van der Waals surface area contributed by atoms with Gasteiger partial charge in [0.15, 0.2) is 0 Å². The minimum atomic E-state index is -1.01. The predicted molar refractivity (Wildman–Crippen MR) is 76.2 cm³/mol. The van der Waals surface area contributed by atoms with Crippen molar-refractivity contribution in [2.24, 2.45) is 10.8 Å². The molecule has 0 spiro atoms. The number of nitrogens with one attached hydrogen (secondary N) is 1. The number of carbonyl (C=O) groups excluding carboxylic acids is 1. The van der Waals surface area contributed by atoms with Crippen LogP contribution < -0.4 is 5.32 Å². The molecule has 1 aromatic rings. The van der Waals surface area contributed by atoms with Gasteiger partial charge >= 0.3 is 5.97 Å². The van der Waals surface area contributed by atoms with Gasteiger partial charge in [-0.05, 0) is 44.7 Å². The van der Waals surface area contributed by atoms with E-state index in [2.05, 4.69) is 5.32 Å². The summed E-state index contributed by atoms with van der Waals surface area (Å²) >= 11 is 0. The SMILES string of the molecule is CC(C)(CNC(=O)C1(Cc2ccccc2F)CC1)C(=O)O. The second-order valence-electron chi connectivity index (χ2n) is 6.42. The van der Waals surface area contributed by atoms with E-state index in [4.69, 9.17) is 5.11 Å². The Balaban J connectivity index is 1.99. The fraction of sp³-hybridized carbons (Fsp3) is 0.500. The van der Waals surface area contributed by atoms with Gasteiger partial charge in [-0.2, -0.15) is 0 Å². The second kappa shape index (κ2) is 5.47. The Kier molecular flexibility index (Phi) is 4.03. The van der Waals surface area contributed by atoms with E-state index in [0.29, 0.717) is 24.8 Å². The molecule has 0 atom stereocenters. The average molecular weight is 293 g/mol. The van der Waals surface area contributed by atoms with Crippen LogP contribution in [0.15, 0.2) is 24.3 Å². The van der Waals surface area contributed by atoms with E-state index in [1.165, 1.54) is 6.07 Å². The van der Waals surface area contributed by atoms with E-state index in [-0.39, 0.29) is 18.3 Å². The summed E-state index contributed by atoms with van der Waals surface area (Å²) in [5.74, 6) is -1.44. The van der Waals surface area contributed by atoms with Gasteiger partial charge in [-0.15, -0.1) is 0 Å². The normalized spacial score (nSPS) is 16.3. The number of carboxylic acid groups (broad SMARTS) is 1. The largest absolute Gasteiger partial charge is 0.481 e. The summed E-state index contributed by atoms with van der Waals surface area (Å²) in [7, 11) is 0.